The minimum absolute atomic E-state index is 0.0267. The van der Waals surface area contributed by atoms with Crippen molar-refractivity contribution in [1.82, 2.24) is 0 Å². The molecule has 0 atom stereocenters. The number of benzene rings is 2. The topological polar surface area (TPSA) is 90.9 Å². The third-order valence-corrected chi connectivity index (χ3v) is 3.61. The van der Waals surface area contributed by atoms with Crippen LogP contribution in [0, 0.1) is 22.7 Å². The number of carbonyl (C=O) groups is 2. The van der Waals surface area contributed by atoms with Crippen LogP contribution in [0.15, 0.2) is 48.5 Å². The molecule has 0 saturated carbocycles. The molecule has 0 spiro atoms. The maximum Gasteiger partial charge on any atom is 0.313 e. The molecule has 0 amide bonds. The largest absolute Gasteiger partial charge is 0.460 e. The van der Waals surface area contributed by atoms with Crippen LogP contribution in [0.2, 0.25) is 0 Å². The lowest BCUT2D eigenvalue weighted by molar-refractivity contribution is -0.147. The van der Waals surface area contributed by atoms with Gasteiger partial charge >= 0.3 is 5.97 Å². The number of hydrogen-bond acceptors (Lipinski definition) is 5. The molecular formula is C20H16N2O3. The van der Waals surface area contributed by atoms with Crippen LogP contribution in [0.3, 0.4) is 0 Å². The van der Waals surface area contributed by atoms with Crippen LogP contribution in [-0.4, -0.2) is 11.8 Å². The molecule has 5 nitrogen and oxygen atoms in total. The molecule has 0 aliphatic heterocycles. The number of ketones is 1. The summed E-state index contributed by atoms with van der Waals surface area (Å²) in [5, 5.41) is 17.8. The lowest BCUT2D eigenvalue weighted by Gasteiger charge is -2.06. The number of rotatable bonds is 7. The van der Waals surface area contributed by atoms with Crippen LogP contribution in [0.25, 0.3) is 0 Å². The Balaban J connectivity index is 1.79. The van der Waals surface area contributed by atoms with Gasteiger partial charge in [0, 0.05) is 6.42 Å². The van der Waals surface area contributed by atoms with Gasteiger partial charge in [-0.15, -0.1) is 0 Å². The molecule has 2 rings (SSSR count). The first kappa shape index (κ1) is 17.9. The van der Waals surface area contributed by atoms with Crippen molar-refractivity contribution in [3.8, 4) is 12.1 Å². The molecule has 2 aromatic rings. The summed E-state index contributed by atoms with van der Waals surface area (Å²) in [5.74, 6) is -0.829. The molecule has 0 radical (unpaired) electrons. The molecule has 2 aromatic carbocycles. The van der Waals surface area contributed by atoms with Crippen molar-refractivity contribution in [2.45, 2.75) is 25.9 Å². The molecule has 0 fully saturated rings. The highest BCUT2D eigenvalue weighted by Crippen LogP contribution is 2.11. The summed E-state index contributed by atoms with van der Waals surface area (Å²) in [7, 11) is 0. The average Bonchev–Trinajstić information content (AvgIpc) is 2.65. The highest BCUT2D eigenvalue weighted by Gasteiger charge is 2.12. The Morgan fingerprint density at radius 1 is 1.00 bits per heavy atom. The highest BCUT2D eigenvalue weighted by molar-refractivity contribution is 5.95. The van der Waals surface area contributed by atoms with Gasteiger partial charge in [0.2, 0.25) is 0 Å². The van der Waals surface area contributed by atoms with Gasteiger partial charge in [0.1, 0.15) is 18.8 Å². The first-order valence-electron chi connectivity index (χ1n) is 7.76. The fraction of sp³-hybridized carbons (Fsp3) is 0.200. The number of esters is 1. The zero-order valence-corrected chi connectivity index (χ0v) is 13.6. The van der Waals surface area contributed by atoms with Gasteiger partial charge in [0.15, 0.2) is 0 Å². The van der Waals surface area contributed by atoms with Gasteiger partial charge in [-0.05, 0) is 35.7 Å². The predicted octanol–water partition coefficient (Wildman–Crippen LogP) is 3.07. The second-order valence-corrected chi connectivity index (χ2v) is 5.46. The fourth-order valence-electron chi connectivity index (χ4n) is 2.32. The molecule has 0 heterocycles. The van der Waals surface area contributed by atoms with Gasteiger partial charge < -0.3 is 4.74 Å². The van der Waals surface area contributed by atoms with Crippen LogP contribution in [0.1, 0.15) is 35.1 Å². The average molecular weight is 332 g/mol. The Morgan fingerprint density at radius 3 is 2.56 bits per heavy atom. The van der Waals surface area contributed by atoms with E-state index in [4.69, 9.17) is 15.3 Å². The highest BCUT2D eigenvalue weighted by atomic mass is 16.5. The molecular weight excluding hydrogens is 316 g/mol. The van der Waals surface area contributed by atoms with E-state index in [1.54, 1.807) is 42.5 Å². The second kappa shape index (κ2) is 9.00. The van der Waals surface area contributed by atoms with Crippen LogP contribution < -0.4 is 0 Å². The fourth-order valence-corrected chi connectivity index (χ4v) is 2.32. The number of carbonyl (C=O) groups excluding carboxylic acids is 2. The van der Waals surface area contributed by atoms with E-state index in [1.807, 2.05) is 12.1 Å². The molecule has 5 heteroatoms. The summed E-state index contributed by atoms with van der Waals surface area (Å²) in [6, 6.07) is 17.9. The quantitative estimate of drug-likeness (QED) is 0.574. The van der Waals surface area contributed by atoms with Gasteiger partial charge in [0.05, 0.1) is 23.3 Å². The smallest absolute Gasteiger partial charge is 0.313 e. The Bertz CT molecular complexity index is 860. The second-order valence-electron chi connectivity index (χ2n) is 5.46. The van der Waals surface area contributed by atoms with E-state index < -0.39 is 5.97 Å². The standard InChI is InChI=1S/C20H16N2O3/c21-12-15-4-3-5-16(10-15)14-25-20(24)11-19(23)9-8-17-6-1-2-7-18(17)13-22/h1-7,10H,8-9,11,14H2. The first-order valence-corrected chi connectivity index (χ1v) is 7.76. The van der Waals surface area contributed by atoms with Crippen molar-refractivity contribution in [3.05, 3.63) is 70.8 Å². The molecule has 124 valence electrons. The van der Waals surface area contributed by atoms with Crippen molar-refractivity contribution >= 4 is 11.8 Å². The van der Waals surface area contributed by atoms with Crippen LogP contribution in [0.4, 0.5) is 0 Å². The van der Waals surface area contributed by atoms with Gasteiger partial charge in [-0.3, -0.25) is 9.59 Å². The van der Waals surface area contributed by atoms with Crippen LogP contribution in [-0.2, 0) is 27.4 Å². The number of hydrogen-bond donors (Lipinski definition) is 0. The number of Topliss-reactive ketones (excluding diaryl/α,β-unsaturated/α-hetero) is 1. The first-order chi connectivity index (χ1) is 12.1. The third kappa shape index (κ3) is 5.60. The monoisotopic (exact) mass is 332 g/mol. The van der Waals surface area contributed by atoms with E-state index in [0.717, 1.165) is 5.56 Å². The predicted molar refractivity (Wildman–Crippen MR) is 90.1 cm³/mol. The Kier molecular flexibility index (Phi) is 6.45. The minimum atomic E-state index is -0.596. The Hall–Kier alpha value is -3.44. The summed E-state index contributed by atoms with van der Waals surface area (Å²) in [5.41, 5.74) is 2.51. The van der Waals surface area contributed by atoms with Gasteiger partial charge in [-0.2, -0.15) is 10.5 Å². The van der Waals surface area contributed by atoms with E-state index in [9.17, 15) is 9.59 Å². The number of nitrogens with zero attached hydrogens (tertiary/aromatic N) is 2. The van der Waals surface area contributed by atoms with E-state index in [0.29, 0.717) is 23.1 Å². The molecule has 0 bridgehead atoms. The molecule has 25 heavy (non-hydrogen) atoms. The summed E-state index contributed by atoms with van der Waals surface area (Å²) in [6.07, 6.45) is 0.296. The SMILES string of the molecule is N#Cc1cccc(COC(=O)CC(=O)CCc2ccccc2C#N)c1. The third-order valence-electron chi connectivity index (χ3n) is 3.61. The maximum absolute atomic E-state index is 11.9. The number of ether oxygens (including phenoxy) is 1. The van der Waals surface area contributed by atoms with Crippen molar-refractivity contribution in [1.29, 1.82) is 10.5 Å². The van der Waals surface area contributed by atoms with Gasteiger partial charge in [-0.1, -0.05) is 30.3 Å². The van der Waals surface area contributed by atoms with Gasteiger partial charge in [-0.25, -0.2) is 0 Å². The van der Waals surface area contributed by atoms with Crippen LogP contribution >= 0.6 is 0 Å². The van der Waals surface area contributed by atoms with Crippen molar-refractivity contribution in [2.24, 2.45) is 0 Å². The zero-order valence-electron chi connectivity index (χ0n) is 13.6. The zero-order chi connectivity index (χ0) is 18.1. The van der Waals surface area contributed by atoms with E-state index in [2.05, 4.69) is 6.07 Å². The van der Waals surface area contributed by atoms with E-state index in [-0.39, 0.29) is 25.2 Å². The lowest BCUT2D eigenvalue weighted by atomic mass is 10.0. The molecule has 0 aromatic heterocycles. The van der Waals surface area contributed by atoms with E-state index >= 15 is 0 Å². The summed E-state index contributed by atoms with van der Waals surface area (Å²) in [4.78, 5) is 23.7. The Labute approximate surface area is 146 Å². The van der Waals surface area contributed by atoms with Crippen molar-refractivity contribution in [2.75, 3.05) is 0 Å². The van der Waals surface area contributed by atoms with Gasteiger partial charge in [0.25, 0.3) is 0 Å². The number of nitriles is 2. The molecule has 0 N–H and O–H groups in total. The molecule has 0 unspecified atom stereocenters. The van der Waals surface area contributed by atoms with E-state index in [1.165, 1.54) is 0 Å². The molecule has 0 aliphatic carbocycles. The maximum atomic E-state index is 11.9. The van der Waals surface area contributed by atoms with Crippen molar-refractivity contribution < 1.29 is 14.3 Å². The molecule has 0 saturated heterocycles. The summed E-state index contributed by atoms with van der Waals surface area (Å²) >= 11 is 0. The van der Waals surface area contributed by atoms with Crippen LogP contribution in [0.5, 0.6) is 0 Å². The number of aryl methyl sites for hydroxylation is 1. The lowest BCUT2D eigenvalue weighted by Crippen LogP contribution is -2.12. The summed E-state index contributed by atoms with van der Waals surface area (Å²) < 4.78 is 5.07. The molecule has 0 aliphatic rings. The minimum Gasteiger partial charge on any atom is -0.460 e. The Morgan fingerprint density at radius 2 is 1.80 bits per heavy atom. The van der Waals surface area contributed by atoms with Crippen molar-refractivity contribution in [3.63, 3.8) is 0 Å². The normalized spacial score (nSPS) is 9.68. The summed E-state index contributed by atoms with van der Waals surface area (Å²) in [6.45, 7) is 0.0267.